The highest BCUT2D eigenvalue weighted by atomic mass is 79.9. The van der Waals surface area contributed by atoms with Gasteiger partial charge in [-0.3, -0.25) is 0 Å². The van der Waals surface area contributed by atoms with Gasteiger partial charge in [-0.25, -0.2) is 0 Å². The molecule has 0 aliphatic heterocycles. The number of rotatable bonds is 6. The zero-order valence-corrected chi connectivity index (χ0v) is 12.8. The standard InChI is InChI=1S/C11H20BrN3S/c1-5-9(6-2)15(7-8(3)4)11-14-13-10(12)16-11/h8-9H,5-7H2,1-4H3. The number of hydrogen-bond donors (Lipinski definition) is 0. The maximum absolute atomic E-state index is 4.23. The van der Waals surface area contributed by atoms with E-state index in [4.69, 9.17) is 0 Å². The molecule has 0 amide bonds. The molecule has 0 saturated carbocycles. The normalized spacial score (nSPS) is 11.4. The highest BCUT2D eigenvalue weighted by molar-refractivity contribution is 9.11. The Morgan fingerprint density at radius 3 is 2.25 bits per heavy atom. The Balaban J connectivity index is 2.85. The van der Waals surface area contributed by atoms with Gasteiger partial charge in [0, 0.05) is 12.6 Å². The average molecular weight is 306 g/mol. The molecule has 0 unspecified atom stereocenters. The van der Waals surface area contributed by atoms with Crippen molar-refractivity contribution < 1.29 is 0 Å². The Kier molecular flexibility index (Phi) is 5.69. The third kappa shape index (κ3) is 3.70. The van der Waals surface area contributed by atoms with E-state index < -0.39 is 0 Å². The summed E-state index contributed by atoms with van der Waals surface area (Å²) in [7, 11) is 0. The van der Waals surface area contributed by atoms with Crippen LogP contribution >= 0.6 is 27.3 Å². The summed E-state index contributed by atoms with van der Waals surface area (Å²) in [5.74, 6) is 0.642. The van der Waals surface area contributed by atoms with Crippen molar-refractivity contribution in [3.63, 3.8) is 0 Å². The summed E-state index contributed by atoms with van der Waals surface area (Å²) in [6.07, 6.45) is 2.31. The lowest BCUT2D eigenvalue weighted by atomic mass is 10.1. The lowest BCUT2D eigenvalue weighted by Gasteiger charge is -2.31. The van der Waals surface area contributed by atoms with E-state index in [1.54, 1.807) is 11.3 Å². The lowest BCUT2D eigenvalue weighted by Crippen LogP contribution is -2.37. The van der Waals surface area contributed by atoms with E-state index >= 15 is 0 Å². The molecule has 92 valence electrons. The molecule has 0 aromatic carbocycles. The summed E-state index contributed by atoms with van der Waals surface area (Å²) in [4.78, 5) is 2.40. The van der Waals surface area contributed by atoms with Crippen LogP contribution in [0.25, 0.3) is 0 Å². The van der Waals surface area contributed by atoms with Gasteiger partial charge >= 0.3 is 0 Å². The highest BCUT2D eigenvalue weighted by Gasteiger charge is 2.20. The molecule has 0 fully saturated rings. The fourth-order valence-electron chi connectivity index (χ4n) is 1.82. The molecule has 1 aromatic heterocycles. The van der Waals surface area contributed by atoms with Crippen molar-refractivity contribution in [2.45, 2.75) is 46.6 Å². The molecule has 0 N–H and O–H groups in total. The van der Waals surface area contributed by atoms with Crippen LogP contribution in [0.5, 0.6) is 0 Å². The minimum absolute atomic E-state index is 0.572. The second-order valence-electron chi connectivity index (χ2n) is 4.35. The average Bonchev–Trinajstić information content (AvgIpc) is 2.64. The summed E-state index contributed by atoms with van der Waals surface area (Å²) in [6, 6.07) is 0.572. The second kappa shape index (κ2) is 6.55. The first-order valence-electron chi connectivity index (χ1n) is 5.84. The van der Waals surface area contributed by atoms with Crippen LogP contribution in [0.1, 0.15) is 40.5 Å². The van der Waals surface area contributed by atoms with Gasteiger partial charge in [0.25, 0.3) is 0 Å². The van der Waals surface area contributed by atoms with Gasteiger partial charge in [0.1, 0.15) is 0 Å². The van der Waals surface area contributed by atoms with Gasteiger partial charge in [0.05, 0.1) is 0 Å². The molecule has 0 atom stereocenters. The van der Waals surface area contributed by atoms with E-state index in [0.29, 0.717) is 12.0 Å². The van der Waals surface area contributed by atoms with Gasteiger partial charge in [-0.15, -0.1) is 10.2 Å². The number of aromatic nitrogens is 2. The van der Waals surface area contributed by atoms with Gasteiger partial charge in [-0.1, -0.05) is 39.0 Å². The van der Waals surface area contributed by atoms with Crippen molar-refractivity contribution in [2.75, 3.05) is 11.4 Å². The third-order valence-corrected chi connectivity index (χ3v) is 3.97. The van der Waals surface area contributed by atoms with Crippen LogP contribution in [-0.2, 0) is 0 Å². The zero-order valence-electron chi connectivity index (χ0n) is 10.4. The smallest absolute Gasteiger partial charge is 0.209 e. The molecule has 0 radical (unpaired) electrons. The summed E-state index contributed by atoms with van der Waals surface area (Å²) in [6.45, 7) is 10.0. The lowest BCUT2D eigenvalue weighted by molar-refractivity contribution is 0.505. The molecule has 5 heteroatoms. The summed E-state index contributed by atoms with van der Waals surface area (Å²) in [5.41, 5.74) is 0. The van der Waals surface area contributed by atoms with Crippen LogP contribution in [0.4, 0.5) is 5.13 Å². The fraction of sp³-hybridized carbons (Fsp3) is 0.818. The second-order valence-corrected chi connectivity index (χ2v) is 6.59. The van der Waals surface area contributed by atoms with Gasteiger partial charge in [0.2, 0.25) is 5.13 Å². The van der Waals surface area contributed by atoms with Crippen LogP contribution in [0.15, 0.2) is 3.92 Å². The Morgan fingerprint density at radius 1 is 1.25 bits per heavy atom. The molecular weight excluding hydrogens is 286 g/mol. The topological polar surface area (TPSA) is 29.0 Å². The van der Waals surface area contributed by atoms with Crippen LogP contribution in [0.3, 0.4) is 0 Å². The molecule has 0 saturated heterocycles. The van der Waals surface area contributed by atoms with Crippen LogP contribution < -0.4 is 4.90 Å². The minimum Gasteiger partial charge on any atom is -0.343 e. The molecule has 0 spiro atoms. The van der Waals surface area contributed by atoms with Crippen molar-refractivity contribution in [3.8, 4) is 0 Å². The predicted molar refractivity (Wildman–Crippen MR) is 74.2 cm³/mol. The molecule has 1 aromatic rings. The summed E-state index contributed by atoms with van der Waals surface area (Å²) >= 11 is 5.00. The number of nitrogens with zero attached hydrogens (tertiary/aromatic N) is 3. The molecule has 1 rings (SSSR count). The first kappa shape index (κ1) is 13.9. The Labute approximate surface area is 110 Å². The van der Waals surface area contributed by atoms with E-state index in [0.717, 1.165) is 28.4 Å². The van der Waals surface area contributed by atoms with Crippen molar-refractivity contribution in [3.05, 3.63) is 3.92 Å². The van der Waals surface area contributed by atoms with Crippen molar-refractivity contribution in [1.82, 2.24) is 10.2 Å². The SMILES string of the molecule is CCC(CC)N(CC(C)C)c1nnc(Br)s1. The molecule has 3 nitrogen and oxygen atoms in total. The van der Waals surface area contributed by atoms with Crippen molar-refractivity contribution in [1.29, 1.82) is 0 Å². The largest absolute Gasteiger partial charge is 0.343 e. The first-order chi connectivity index (χ1) is 7.58. The Hall–Kier alpha value is -0.160. The minimum atomic E-state index is 0.572. The van der Waals surface area contributed by atoms with E-state index in [1.165, 1.54) is 0 Å². The van der Waals surface area contributed by atoms with Gasteiger partial charge < -0.3 is 4.90 Å². The van der Waals surface area contributed by atoms with E-state index in [9.17, 15) is 0 Å². The quantitative estimate of drug-likeness (QED) is 0.797. The summed E-state index contributed by atoms with van der Waals surface area (Å²) < 4.78 is 0.863. The number of anilines is 1. The van der Waals surface area contributed by atoms with Crippen molar-refractivity contribution in [2.24, 2.45) is 5.92 Å². The molecule has 16 heavy (non-hydrogen) atoms. The van der Waals surface area contributed by atoms with Gasteiger partial charge in [-0.05, 0) is 34.7 Å². The van der Waals surface area contributed by atoms with Gasteiger partial charge in [-0.2, -0.15) is 0 Å². The van der Waals surface area contributed by atoms with E-state index in [2.05, 4.69) is 58.7 Å². The molecule has 0 aliphatic carbocycles. The Morgan fingerprint density at radius 2 is 1.88 bits per heavy atom. The maximum Gasteiger partial charge on any atom is 0.209 e. The third-order valence-electron chi connectivity index (χ3n) is 2.58. The van der Waals surface area contributed by atoms with Crippen LogP contribution in [0.2, 0.25) is 0 Å². The summed E-state index contributed by atoms with van der Waals surface area (Å²) in [5, 5.41) is 9.31. The first-order valence-corrected chi connectivity index (χ1v) is 7.45. The molecular formula is C11H20BrN3S. The van der Waals surface area contributed by atoms with E-state index in [1.807, 2.05) is 0 Å². The molecule has 0 aliphatic rings. The van der Waals surface area contributed by atoms with Crippen molar-refractivity contribution >= 4 is 32.4 Å². The number of hydrogen-bond acceptors (Lipinski definition) is 4. The zero-order chi connectivity index (χ0) is 12.1. The monoisotopic (exact) mass is 305 g/mol. The molecule has 0 bridgehead atoms. The fourth-order valence-corrected chi connectivity index (χ4v) is 2.99. The maximum atomic E-state index is 4.23. The molecule has 1 heterocycles. The van der Waals surface area contributed by atoms with Crippen LogP contribution in [0, 0.1) is 5.92 Å². The van der Waals surface area contributed by atoms with Gasteiger partial charge in [0.15, 0.2) is 3.92 Å². The predicted octanol–water partition coefficient (Wildman–Crippen LogP) is 3.95. The van der Waals surface area contributed by atoms with E-state index in [-0.39, 0.29) is 0 Å². The Bertz CT molecular complexity index is 310. The number of halogens is 1. The van der Waals surface area contributed by atoms with Crippen LogP contribution in [-0.4, -0.2) is 22.8 Å². The highest BCUT2D eigenvalue weighted by Crippen LogP contribution is 2.28.